The van der Waals surface area contributed by atoms with Gasteiger partial charge in [-0.1, -0.05) is 29.8 Å². The van der Waals surface area contributed by atoms with E-state index in [0.29, 0.717) is 13.1 Å². The second-order valence-electron chi connectivity index (χ2n) is 4.51. The summed E-state index contributed by atoms with van der Waals surface area (Å²) < 4.78 is 0. The first kappa shape index (κ1) is 12.1. The van der Waals surface area contributed by atoms with Gasteiger partial charge in [0.25, 0.3) is 0 Å². The van der Waals surface area contributed by atoms with Crippen LogP contribution in [-0.2, 0) is 11.3 Å². The smallest absolute Gasteiger partial charge is 0.322 e. The first-order valence-corrected chi connectivity index (χ1v) is 5.90. The van der Waals surface area contributed by atoms with Crippen LogP contribution in [0, 0.1) is 6.92 Å². The number of carboxylic acid groups (broad SMARTS) is 1. The minimum Gasteiger partial charge on any atom is -0.480 e. The Kier molecular flexibility index (Phi) is 3.76. The van der Waals surface area contributed by atoms with Crippen molar-refractivity contribution >= 4 is 5.97 Å². The fourth-order valence-corrected chi connectivity index (χ4v) is 2.11. The first-order valence-electron chi connectivity index (χ1n) is 5.90. The lowest BCUT2D eigenvalue weighted by Crippen LogP contribution is -2.54. The molecule has 0 spiro atoms. The summed E-state index contributed by atoms with van der Waals surface area (Å²) in [6.45, 7) is 4.93. The molecule has 1 aliphatic heterocycles. The maximum absolute atomic E-state index is 11.1. The topological polar surface area (TPSA) is 52.6 Å². The van der Waals surface area contributed by atoms with Crippen LogP contribution in [0.25, 0.3) is 0 Å². The molecule has 0 radical (unpaired) electrons. The van der Waals surface area contributed by atoms with Gasteiger partial charge in [0.2, 0.25) is 0 Å². The molecule has 1 aromatic carbocycles. The van der Waals surface area contributed by atoms with Gasteiger partial charge in [0, 0.05) is 26.2 Å². The van der Waals surface area contributed by atoms with Crippen molar-refractivity contribution < 1.29 is 9.90 Å². The predicted molar refractivity (Wildman–Crippen MR) is 65.9 cm³/mol. The van der Waals surface area contributed by atoms with Crippen LogP contribution < -0.4 is 5.32 Å². The quantitative estimate of drug-likeness (QED) is 0.814. The van der Waals surface area contributed by atoms with E-state index in [2.05, 4.69) is 36.5 Å². The van der Waals surface area contributed by atoms with E-state index in [0.717, 1.165) is 13.1 Å². The zero-order valence-corrected chi connectivity index (χ0v) is 10.0. The summed E-state index contributed by atoms with van der Waals surface area (Å²) in [5.74, 6) is -0.746. The number of aliphatic carboxylic acids is 1. The number of aryl methyl sites for hydroxylation is 1. The van der Waals surface area contributed by atoms with Gasteiger partial charge in [-0.05, 0) is 12.5 Å². The van der Waals surface area contributed by atoms with Gasteiger partial charge in [-0.3, -0.25) is 9.69 Å². The fraction of sp³-hybridized carbons (Fsp3) is 0.462. The van der Waals surface area contributed by atoms with E-state index >= 15 is 0 Å². The van der Waals surface area contributed by atoms with Crippen LogP contribution in [0.2, 0.25) is 0 Å². The highest BCUT2D eigenvalue weighted by molar-refractivity contribution is 5.74. The van der Waals surface area contributed by atoms with Crippen LogP contribution in [0.1, 0.15) is 11.1 Å². The minimum atomic E-state index is -0.746. The van der Waals surface area contributed by atoms with Crippen LogP contribution in [0.4, 0.5) is 0 Å². The molecule has 1 saturated heterocycles. The Labute approximate surface area is 101 Å². The maximum atomic E-state index is 11.1. The summed E-state index contributed by atoms with van der Waals surface area (Å²) in [5, 5.41) is 12.3. The molecule has 92 valence electrons. The number of piperazine rings is 1. The third-order valence-corrected chi connectivity index (χ3v) is 3.15. The van der Waals surface area contributed by atoms with Gasteiger partial charge in [0.1, 0.15) is 6.04 Å². The van der Waals surface area contributed by atoms with Gasteiger partial charge >= 0.3 is 5.97 Å². The molecule has 1 aromatic rings. The van der Waals surface area contributed by atoms with Crippen molar-refractivity contribution in [1.82, 2.24) is 10.2 Å². The summed E-state index contributed by atoms with van der Waals surface area (Å²) in [7, 11) is 0. The summed E-state index contributed by atoms with van der Waals surface area (Å²) >= 11 is 0. The molecule has 0 saturated carbocycles. The predicted octanol–water partition coefficient (Wildman–Crippen LogP) is 0.853. The van der Waals surface area contributed by atoms with Crippen molar-refractivity contribution in [2.24, 2.45) is 0 Å². The van der Waals surface area contributed by atoms with Gasteiger partial charge in [-0.25, -0.2) is 0 Å². The molecule has 1 unspecified atom stereocenters. The summed E-state index contributed by atoms with van der Waals surface area (Å²) in [6, 6.07) is 7.85. The molecule has 2 N–H and O–H groups in total. The average molecular weight is 234 g/mol. The van der Waals surface area contributed by atoms with Gasteiger partial charge in [0.05, 0.1) is 0 Å². The van der Waals surface area contributed by atoms with Crippen molar-refractivity contribution in [3.8, 4) is 0 Å². The van der Waals surface area contributed by atoms with Crippen LogP contribution in [0.3, 0.4) is 0 Å². The lowest BCUT2D eigenvalue weighted by Gasteiger charge is -2.33. The molecule has 1 heterocycles. The highest BCUT2D eigenvalue weighted by atomic mass is 16.4. The Morgan fingerprint density at radius 2 is 2.18 bits per heavy atom. The lowest BCUT2D eigenvalue weighted by molar-refractivity contribution is -0.144. The number of carboxylic acids is 1. The molecular formula is C13H18N2O2. The van der Waals surface area contributed by atoms with Crippen molar-refractivity contribution in [2.75, 3.05) is 19.6 Å². The van der Waals surface area contributed by atoms with Crippen molar-refractivity contribution in [3.05, 3.63) is 35.4 Å². The van der Waals surface area contributed by atoms with E-state index in [4.69, 9.17) is 5.11 Å². The molecule has 4 heteroatoms. The minimum absolute atomic E-state index is 0.412. The van der Waals surface area contributed by atoms with Crippen molar-refractivity contribution in [2.45, 2.75) is 19.5 Å². The number of rotatable bonds is 3. The van der Waals surface area contributed by atoms with Gasteiger partial charge < -0.3 is 10.4 Å². The molecule has 4 nitrogen and oxygen atoms in total. The van der Waals surface area contributed by atoms with E-state index < -0.39 is 12.0 Å². The summed E-state index contributed by atoms with van der Waals surface area (Å²) in [6.07, 6.45) is 0. The Balaban J connectivity index is 2.05. The number of nitrogens with one attached hydrogen (secondary N) is 1. The molecule has 0 amide bonds. The SMILES string of the molecule is Cc1ccc(CN2CCNCC2C(=O)O)cc1. The molecule has 0 aliphatic carbocycles. The molecule has 2 rings (SSSR count). The van der Waals surface area contributed by atoms with Gasteiger partial charge in [0.15, 0.2) is 0 Å². The number of nitrogens with zero attached hydrogens (tertiary/aromatic N) is 1. The summed E-state index contributed by atoms with van der Waals surface area (Å²) in [5.41, 5.74) is 2.40. The van der Waals surface area contributed by atoms with Gasteiger partial charge in [-0.2, -0.15) is 0 Å². The van der Waals surface area contributed by atoms with E-state index in [1.54, 1.807) is 0 Å². The first-order chi connectivity index (χ1) is 8.16. The zero-order chi connectivity index (χ0) is 12.3. The third kappa shape index (κ3) is 3.05. The molecule has 0 aromatic heterocycles. The number of hydrogen-bond acceptors (Lipinski definition) is 3. The van der Waals surface area contributed by atoms with Crippen LogP contribution in [-0.4, -0.2) is 41.7 Å². The van der Waals surface area contributed by atoms with Gasteiger partial charge in [-0.15, -0.1) is 0 Å². The standard InChI is InChI=1S/C13H18N2O2/c1-10-2-4-11(5-3-10)9-15-7-6-14-8-12(15)13(16)17/h2-5,12,14H,6-9H2,1H3,(H,16,17). The molecule has 0 bridgehead atoms. The summed E-state index contributed by atoms with van der Waals surface area (Å²) in [4.78, 5) is 13.1. The Morgan fingerprint density at radius 1 is 1.47 bits per heavy atom. The second kappa shape index (κ2) is 5.29. The molecular weight excluding hydrogens is 216 g/mol. The molecule has 1 atom stereocenters. The second-order valence-corrected chi connectivity index (χ2v) is 4.51. The largest absolute Gasteiger partial charge is 0.480 e. The highest BCUT2D eigenvalue weighted by Crippen LogP contribution is 2.11. The van der Waals surface area contributed by atoms with Crippen LogP contribution in [0.15, 0.2) is 24.3 Å². The maximum Gasteiger partial charge on any atom is 0.322 e. The van der Waals surface area contributed by atoms with E-state index in [9.17, 15) is 4.79 Å². The monoisotopic (exact) mass is 234 g/mol. The van der Waals surface area contributed by atoms with E-state index in [-0.39, 0.29) is 0 Å². The normalized spacial score (nSPS) is 21.4. The average Bonchev–Trinajstić information content (AvgIpc) is 2.32. The molecule has 1 aliphatic rings. The Morgan fingerprint density at radius 3 is 2.82 bits per heavy atom. The fourth-order valence-electron chi connectivity index (χ4n) is 2.11. The van der Waals surface area contributed by atoms with E-state index in [1.807, 2.05) is 4.90 Å². The zero-order valence-electron chi connectivity index (χ0n) is 10.0. The van der Waals surface area contributed by atoms with E-state index in [1.165, 1.54) is 11.1 Å². The number of carbonyl (C=O) groups is 1. The number of hydrogen-bond donors (Lipinski definition) is 2. The van der Waals surface area contributed by atoms with Crippen LogP contribution >= 0.6 is 0 Å². The number of benzene rings is 1. The Hall–Kier alpha value is -1.39. The molecule has 17 heavy (non-hydrogen) atoms. The van der Waals surface area contributed by atoms with Crippen molar-refractivity contribution in [3.63, 3.8) is 0 Å². The van der Waals surface area contributed by atoms with Crippen LogP contribution in [0.5, 0.6) is 0 Å². The Bertz CT molecular complexity index is 389. The van der Waals surface area contributed by atoms with Crippen molar-refractivity contribution in [1.29, 1.82) is 0 Å². The molecule has 1 fully saturated rings. The highest BCUT2D eigenvalue weighted by Gasteiger charge is 2.27. The third-order valence-electron chi connectivity index (χ3n) is 3.15. The lowest BCUT2D eigenvalue weighted by atomic mass is 10.1.